The van der Waals surface area contributed by atoms with Crippen LogP contribution in [0.4, 0.5) is 10.1 Å². The van der Waals surface area contributed by atoms with Gasteiger partial charge in [0, 0.05) is 11.0 Å². The summed E-state index contributed by atoms with van der Waals surface area (Å²) in [5.41, 5.74) is -0.870. The van der Waals surface area contributed by atoms with Gasteiger partial charge in [0.25, 0.3) is 5.69 Å². The zero-order chi connectivity index (χ0) is 11.6. The van der Waals surface area contributed by atoms with Gasteiger partial charge in [0.1, 0.15) is 11.4 Å². The van der Waals surface area contributed by atoms with Crippen LogP contribution in [0.25, 0.3) is 0 Å². The Bertz CT molecular complexity index is 437. The topological polar surface area (TPSA) is 86.3 Å². The van der Waals surface area contributed by atoms with Gasteiger partial charge in [0.15, 0.2) is 0 Å². The van der Waals surface area contributed by atoms with Crippen LogP contribution in [0.5, 0.6) is 0 Å². The van der Waals surface area contributed by atoms with Gasteiger partial charge in [-0.05, 0) is 6.07 Å². The van der Waals surface area contributed by atoms with Gasteiger partial charge < -0.3 is 0 Å². The highest BCUT2D eigenvalue weighted by Gasteiger charge is 2.20. The molecule has 0 atom stereocenters. The van der Waals surface area contributed by atoms with Crippen LogP contribution < -0.4 is 0 Å². The van der Waals surface area contributed by atoms with E-state index in [9.17, 15) is 24.6 Å². The van der Waals surface area contributed by atoms with Crippen molar-refractivity contribution in [1.82, 2.24) is 0 Å². The molecule has 0 amide bonds. The number of nitro groups is 2. The van der Waals surface area contributed by atoms with Gasteiger partial charge in [-0.25, -0.2) is 4.39 Å². The maximum atomic E-state index is 12.9. The second-order valence-electron chi connectivity index (χ2n) is 2.64. The van der Waals surface area contributed by atoms with Crippen molar-refractivity contribution in [2.24, 2.45) is 0 Å². The summed E-state index contributed by atoms with van der Waals surface area (Å²) >= 11 is 5.32. The van der Waals surface area contributed by atoms with Crippen LogP contribution in [0.15, 0.2) is 12.1 Å². The van der Waals surface area contributed by atoms with Crippen molar-refractivity contribution in [2.45, 2.75) is 6.54 Å². The van der Waals surface area contributed by atoms with Crippen LogP contribution in [0.3, 0.4) is 0 Å². The quantitative estimate of drug-likeness (QED) is 0.592. The number of benzene rings is 1. The van der Waals surface area contributed by atoms with Crippen LogP contribution in [-0.4, -0.2) is 9.85 Å². The molecule has 8 heteroatoms. The highest BCUT2D eigenvalue weighted by molar-refractivity contribution is 6.31. The number of nitro benzene ring substituents is 1. The average molecular weight is 235 g/mol. The summed E-state index contributed by atoms with van der Waals surface area (Å²) in [6, 6.07) is 1.46. The van der Waals surface area contributed by atoms with E-state index in [1.807, 2.05) is 0 Å². The van der Waals surface area contributed by atoms with Crippen molar-refractivity contribution >= 4 is 17.3 Å². The fourth-order valence-corrected chi connectivity index (χ4v) is 1.17. The lowest BCUT2D eigenvalue weighted by molar-refractivity contribution is -0.498. The molecule has 1 aromatic carbocycles. The van der Waals surface area contributed by atoms with Crippen molar-refractivity contribution in [2.75, 3.05) is 0 Å². The van der Waals surface area contributed by atoms with Gasteiger partial charge in [-0.2, -0.15) is 0 Å². The lowest BCUT2D eigenvalue weighted by Crippen LogP contribution is -2.03. The SMILES string of the molecule is O=[N+]([O-])Cc1cc(F)c(Cl)cc1[N+](=O)[O-]. The first-order chi connectivity index (χ1) is 6.91. The van der Waals surface area contributed by atoms with Crippen LogP contribution in [0, 0.1) is 26.0 Å². The minimum atomic E-state index is -0.917. The molecule has 0 aliphatic carbocycles. The summed E-state index contributed by atoms with van der Waals surface area (Å²) in [4.78, 5) is 19.0. The zero-order valence-corrected chi connectivity index (χ0v) is 7.90. The Balaban J connectivity index is 3.28. The van der Waals surface area contributed by atoms with E-state index in [0.29, 0.717) is 6.07 Å². The lowest BCUT2D eigenvalue weighted by atomic mass is 10.2. The van der Waals surface area contributed by atoms with E-state index in [0.717, 1.165) is 6.07 Å². The molecule has 0 unspecified atom stereocenters. The second-order valence-corrected chi connectivity index (χ2v) is 3.05. The van der Waals surface area contributed by atoms with E-state index in [2.05, 4.69) is 0 Å². The summed E-state index contributed by atoms with van der Waals surface area (Å²) in [5.74, 6) is -0.917. The molecule has 6 nitrogen and oxygen atoms in total. The molecule has 0 aliphatic heterocycles. The van der Waals surface area contributed by atoms with Crippen molar-refractivity contribution in [1.29, 1.82) is 0 Å². The Morgan fingerprint density at radius 2 is 1.93 bits per heavy atom. The number of halogens is 2. The van der Waals surface area contributed by atoms with Crippen molar-refractivity contribution in [3.63, 3.8) is 0 Å². The van der Waals surface area contributed by atoms with E-state index < -0.39 is 32.9 Å². The molecule has 0 heterocycles. The maximum Gasteiger partial charge on any atom is 0.280 e. The molecule has 0 saturated carbocycles. The Hall–Kier alpha value is -1.76. The Morgan fingerprint density at radius 1 is 1.33 bits per heavy atom. The van der Waals surface area contributed by atoms with Crippen LogP contribution in [-0.2, 0) is 6.54 Å². The fraction of sp³-hybridized carbons (Fsp3) is 0.143. The predicted molar refractivity (Wildman–Crippen MR) is 48.8 cm³/mol. The molecule has 1 aromatic rings. The summed E-state index contributed by atoms with van der Waals surface area (Å²) in [6.45, 7) is -0.815. The van der Waals surface area contributed by atoms with Gasteiger partial charge >= 0.3 is 0 Å². The van der Waals surface area contributed by atoms with Crippen LogP contribution in [0.1, 0.15) is 5.56 Å². The maximum absolute atomic E-state index is 12.9. The normalized spacial score (nSPS) is 10.0. The molecule has 1 rings (SSSR count). The van der Waals surface area contributed by atoms with Gasteiger partial charge in [0.05, 0.1) is 9.95 Å². The first-order valence-electron chi connectivity index (χ1n) is 3.66. The average Bonchev–Trinajstić information content (AvgIpc) is 2.09. The van der Waals surface area contributed by atoms with E-state index in [4.69, 9.17) is 11.6 Å². The summed E-state index contributed by atoms with van der Waals surface area (Å²) in [6.07, 6.45) is 0. The fourth-order valence-electron chi connectivity index (χ4n) is 1.01. The number of hydrogen-bond acceptors (Lipinski definition) is 4. The number of rotatable bonds is 3. The lowest BCUT2D eigenvalue weighted by Gasteiger charge is -2.00. The smallest absolute Gasteiger partial charge is 0.264 e. The third-order valence-corrected chi connectivity index (χ3v) is 1.91. The molecule has 15 heavy (non-hydrogen) atoms. The van der Waals surface area contributed by atoms with Crippen LogP contribution in [0.2, 0.25) is 5.02 Å². The Morgan fingerprint density at radius 3 is 2.40 bits per heavy atom. The molecule has 0 bridgehead atoms. The predicted octanol–water partition coefficient (Wildman–Crippen LogP) is 2.16. The monoisotopic (exact) mass is 234 g/mol. The Labute approximate surface area is 87.6 Å². The van der Waals surface area contributed by atoms with E-state index >= 15 is 0 Å². The minimum Gasteiger partial charge on any atom is -0.264 e. The largest absolute Gasteiger partial charge is 0.280 e. The van der Waals surface area contributed by atoms with Gasteiger partial charge in [0.2, 0.25) is 6.54 Å². The van der Waals surface area contributed by atoms with Crippen molar-refractivity contribution in [3.05, 3.63) is 48.8 Å². The summed E-state index contributed by atoms with van der Waals surface area (Å²) in [5, 5.41) is 20.2. The van der Waals surface area contributed by atoms with Crippen molar-refractivity contribution < 1.29 is 14.2 Å². The zero-order valence-electron chi connectivity index (χ0n) is 7.15. The molecule has 0 saturated heterocycles. The third-order valence-electron chi connectivity index (χ3n) is 1.62. The molecule has 0 aliphatic rings. The first kappa shape index (κ1) is 11.3. The van der Waals surface area contributed by atoms with Gasteiger partial charge in [-0.1, -0.05) is 11.6 Å². The third kappa shape index (κ3) is 2.59. The van der Waals surface area contributed by atoms with Crippen molar-refractivity contribution in [3.8, 4) is 0 Å². The first-order valence-corrected chi connectivity index (χ1v) is 4.03. The second kappa shape index (κ2) is 4.18. The van der Waals surface area contributed by atoms with E-state index in [1.54, 1.807) is 0 Å². The summed E-state index contributed by atoms with van der Waals surface area (Å²) in [7, 11) is 0. The molecule has 0 N–H and O–H groups in total. The standard InChI is InChI=1S/C7H4ClFN2O4/c8-5-2-7(11(14)15)4(1-6(5)9)3-10(12)13/h1-2H,3H2. The van der Waals surface area contributed by atoms with Gasteiger partial charge in [-0.15, -0.1) is 0 Å². The van der Waals surface area contributed by atoms with Crippen LogP contribution >= 0.6 is 11.6 Å². The molecule has 0 fully saturated rings. The minimum absolute atomic E-state index is 0.313. The number of nitrogens with zero attached hydrogens (tertiary/aromatic N) is 2. The molecule has 0 aromatic heterocycles. The molecule has 0 spiro atoms. The molecular weight excluding hydrogens is 231 g/mol. The highest BCUT2D eigenvalue weighted by atomic mass is 35.5. The Kier molecular flexibility index (Phi) is 3.15. The summed E-state index contributed by atoms with van der Waals surface area (Å²) < 4.78 is 12.9. The van der Waals surface area contributed by atoms with E-state index in [-0.39, 0.29) is 5.56 Å². The molecule has 80 valence electrons. The number of hydrogen-bond donors (Lipinski definition) is 0. The highest BCUT2D eigenvalue weighted by Crippen LogP contribution is 2.26. The van der Waals surface area contributed by atoms with E-state index in [1.165, 1.54) is 0 Å². The molecular formula is C7H4ClFN2O4. The van der Waals surface area contributed by atoms with Gasteiger partial charge in [-0.3, -0.25) is 20.2 Å². The molecule has 0 radical (unpaired) electrons.